The van der Waals surface area contributed by atoms with Crippen molar-refractivity contribution < 1.29 is 9.53 Å². The first-order valence-corrected chi connectivity index (χ1v) is 7.31. The molecule has 0 unspecified atom stereocenters. The van der Waals surface area contributed by atoms with Gasteiger partial charge in [-0.05, 0) is 18.6 Å². The molecule has 1 aliphatic rings. The Labute approximate surface area is 125 Å². The second kappa shape index (κ2) is 6.35. The maximum atomic E-state index is 11.7. The number of amides is 1. The number of anilines is 1. The number of benzene rings is 1. The van der Waals surface area contributed by atoms with E-state index in [0.717, 1.165) is 43.2 Å². The van der Waals surface area contributed by atoms with Crippen LogP contribution in [-0.4, -0.2) is 44.1 Å². The van der Waals surface area contributed by atoms with Crippen LogP contribution in [0.15, 0.2) is 12.1 Å². The summed E-state index contributed by atoms with van der Waals surface area (Å²) in [6.07, 6.45) is 0.573. The van der Waals surface area contributed by atoms with Crippen LogP contribution in [0.2, 0.25) is 5.02 Å². The molecule has 1 fully saturated rings. The van der Waals surface area contributed by atoms with Crippen molar-refractivity contribution in [1.82, 2.24) is 4.90 Å². The van der Waals surface area contributed by atoms with Gasteiger partial charge in [-0.1, -0.05) is 18.5 Å². The Morgan fingerprint density at radius 2 is 1.95 bits per heavy atom. The molecule has 1 aromatic rings. The first kappa shape index (κ1) is 15.0. The third-order valence-electron chi connectivity index (χ3n) is 3.74. The Bertz CT molecular complexity index is 497. The van der Waals surface area contributed by atoms with Crippen molar-refractivity contribution in [1.29, 1.82) is 0 Å². The Balaban J connectivity index is 2.14. The van der Waals surface area contributed by atoms with Crippen molar-refractivity contribution in [2.75, 3.05) is 38.2 Å². The molecule has 0 aliphatic carbocycles. The van der Waals surface area contributed by atoms with Gasteiger partial charge in [-0.25, -0.2) is 0 Å². The second-order valence-corrected chi connectivity index (χ2v) is 5.40. The SMILES string of the molecule is CCC(=O)N1CCN(c2cc(C)c(Cl)cc2OC)CC1. The smallest absolute Gasteiger partial charge is 0.222 e. The minimum absolute atomic E-state index is 0.226. The molecule has 2 rings (SSSR count). The number of halogens is 1. The van der Waals surface area contributed by atoms with Gasteiger partial charge in [-0.3, -0.25) is 4.79 Å². The number of carbonyl (C=O) groups excluding carboxylic acids is 1. The van der Waals surface area contributed by atoms with Crippen LogP contribution in [0.4, 0.5) is 5.69 Å². The zero-order valence-corrected chi connectivity index (χ0v) is 13.0. The lowest BCUT2D eigenvalue weighted by Crippen LogP contribution is -2.48. The van der Waals surface area contributed by atoms with E-state index in [0.29, 0.717) is 11.4 Å². The molecule has 1 heterocycles. The van der Waals surface area contributed by atoms with Gasteiger partial charge in [-0.2, -0.15) is 0 Å². The number of ether oxygens (including phenoxy) is 1. The third-order valence-corrected chi connectivity index (χ3v) is 4.14. The fourth-order valence-electron chi connectivity index (χ4n) is 2.48. The van der Waals surface area contributed by atoms with Crippen molar-refractivity contribution in [3.05, 3.63) is 22.7 Å². The number of hydrogen-bond donors (Lipinski definition) is 0. The van der Waals surface area contributed by atoms with E-state index in [1.807, 2.05) is 24.8 Å². The highest BCUT2D eigenvalue weighted by Gasteiger charge is 2.22. The largest absolute Gasteiger partial charge is 0.495 e. The van der Waals surface area contributed by atoms with Crippen molar-refractivity contribution in [2.24, 2.45) is 0 Å². The van der Waals surface area contributed by atoms with Crippen LogP contribution >= 0.6 is 11.6 Å². The summed E-state index contributed by atoms with van der Waals surface area (Å²) in [5, 5.41) is 0.713. The Kier molecular flexibility index (Phi) is 4.76. The molecule has 0 radical (unpaired) electrons. The van der Waals surface area contributed by atoms with Crippen LogP contribution in [0.1, 0.15) is 18.9 Å². The van der Waals surface area contributed by atoms with E-state index in [4.69, 9.17) is 16.3 Å². The van der Waals surface area contributed by atoms with Crippen molar-refractivity contribution in [3.63, 3.8) is 0 Å². The summed E-state index contributed by atoms with van der Waals surface area (Å²) >= 11 is 6.14. The molecular weight excluding hydrogens is 276 g/mol. The van der Waals surface area contributed by atoms with Crippen molar-refractivity contribution in [3.8, 4) is 5.75 Å². The van der Waals surface area contributed by atoms with Crippen LogP contribution in [-0.2, 0) is 4.79 Å². The number of carbonyl (C=O) groups is 1. The van der Waals surface area contributed by atoms with E-state index >= 15 is 0 Å². The fraction of sp³-hybridized carbons (Fsp3) is 0.533. The zero-order chi connectivity index (χ0) is 14.7. The minimum Gasteiger partial charge on any atom is -0.495 e. The molecule has 1 amide bonds. The number of methoxy groups -OCH3 is 1. The molecule has 1 saturated heterocycles. The molecule has 1 aromatic carbocycles. The van der Waals surface area contributed by atoms with Crippen molar-refractivity contribution in [2.45, 2.75) is 20.3 Å². The molecular formula is C15H21ClN2O2. The number of hydrogen-bond acceptors (Lipinski definition) is 3. The van der Waals surface area contributed by atoms with Crippen LogP contribution in [0.3, 0.4) is 0 Å². The van der Waals surface area contributed by atoms with Gasteiger partial charge in [0.25, 0.3) is 0 Å². The molecule has 0 N–H and O–H groups in total. The molecule has 0 atom stereocenters. The third kappa shape index (κ3) is 3.01. The molecule has 0 aromatic heterocycles. The highest BCUT2D eigenvalue weighted by atomic mass is 35.5. The molecule has 1 aliphatic heterocycles. The Morgan fingerprint density at radius 1 is 1.30 bits per heavy atom. The molecule has 20 heavy (non-hydrogen) atoms. The van der Waals surface area contributed by atoms with E-state index in [2.05, 4.69) is 11.0 Å². The number of aryl methyl sites for hydroxylation is 1. The van der Waals surface area contributed by atoms with Crippen molar-refractivity contribution >= 4 is 23.2 Å². The second-order valence-electron chi connectivity index (χ2n) is 4.99. The van der Waals surface area contributed by atoms with E-state index in [-0.39, 0.29) is 5.91 Å². The van der Waals surface area contributed by atoms with Gasteiger partial charge in [0.2, 0.25) is 5.91 Å². The number of nitrogens with zero attached hydrogens (tertiary/aromatic N) is 2. The van der Waals surface area contributed by atoms with Gasteiger partial charge in [0.05, 0.1) is 12.8 Å². The first-order valence-electron chi connectivity index (χ1n) is 6.93. The standard InChI is InChI=1S/C15H21ClN2O2/c1-4-15(19)18-7-5-17(6-8-18)13-9-11(2)12(16)10-14(13)20-3/h9-10H,4-8H2,1-3H3. The normalized spacial score (nSPS) is 15.4. The van der Waals surface area contributed by atoms with Gasteiger partial charge >= 0.3 is 0 Å². The maximum Gasteiger partial charge on any atom is 0.222 e. The van der Waals surface area contributed by atoms with Gasteiger partial charge in [0.1, 0.15) is 5.75 Å². The lowest BCUT2D eigenvalue weighted by molar-refractivity contribution is -0.131. The van der Waals surface area contributed by atoms with Gasteiger partial charge in [-0.15, -0.1) is 0 Å². The van der Waals surface area contributed by atoms with Crippen LogP contribution in [0.5, 0.6) is 5.75 Å². The summed E-state index contributed by atoms with van der Waals surface area (Å²) < 4.78 is 5.42. The minimum atomic E-state index is 0.226. The summed E-state index contributed by atoms with van der Waals surface area (Å²) in [4.78, 5) is 15.9. The average molecular weight is 297 g/mol. The molecule has 0 saturated carbocycles. The van der Waals surface area contributed by atoms with E-state index in [9.17, 15) is 4.79 Å². The number of rotatable bonds is 3. The summed E-state index contributed by atoms with van der Waals surface area (Å²) in [7, 11) is 1.65. The van der Waals surface area contributed by atoms with Crippen LogP contribution in [0.25, 0.3) is 0 Å². The summed E-state index contributed by atoms with van der Waals surface area (Å²) in [5.41, 5.74) is 2.09. The summed E-state index contributed by atoms with van der Waals surface area (Å²) in [5.74, 6) is 1.01. The lowest BCUT2D eigenvalue weighted by Gasteiger charge is -2.36. The molecule has 5 heteroatoms. The monoisotopic (exact) mass is 296 g/mol. The lowest BCUT2D eigenvalue weighted by atomic mass is 10.1. The molecule has 4 nitrogen and oxygen atoms in total. The van der Waals surface area contributed by atoms with Gasteiger partial charge in [0, 0.05) is 43.7 Å². The highest BCUT2D eigenvalue weighted by molar-refractivity contribution is 6.31. The molecule has 110 valence electrons. The predicted octanol–water partition coefficient (Wildman–Crippen LogP) is 2.72. The highest BCUT2D eigenvalue weighted by Crippen LogP contribution is 2.34. The summed E-state index contributed by atoms with van der Waals surface area (Å²) in [6, 6.07) is 3.91. The topological polar surface area (TPSA) is 32.8 Å². The van der Waals surface area contributed by atoms with E-state index in [1.165, 1.54) is 0 Å². The maximum absolute atomic E-state index is 11.7. The molecule has 0 bridgehead atoms. The van der Waals surface area contributed by atoms with Crippen LogP contribution < -0.4 is 9.64 Å². The Hall–Kier alpha value is -1.42. The quantitative estimate of drug-likeness (QED) is 0.860. The number of piperazine rings is 1. The van der Waals surface area contributed by atoms with Gasteiger partial charge in [0.15, 0.2) is 0 Å². The summed E-state index contributed by atoms with van der Waals surface area (Å²) in [6.45, 7) is 7.06. The van der Waals surface area contributed by atoms with E-state index in [1.54, 1.807) is 7.11 Å². The fourth-order valence-corrected chi connectivity index (χ4v) is 2.63. The predicted molar refractivity (Wildman–Crippen MR) is 81.8 cm³/mol. The van der Waals surface area contributed by atoms with E-state index < -0.39 is 0 Å². The first-order chi connectivity index (χ1) is 9.56. The zero-order valence-electron chi connectivity index (χ0n) is 12.3. The van der Waals surface area contributed by atoms with Crippen LogP contribution in [0, 0.1) is 6.92 Å². The Morgan fingerprint density at radius 3 is 2.50 bits per heavy atom. The molecule has 0 spiro atoms. The average Bonchev–Trinajstić information content (AvgIpc) is 2.49. The van der Waals surface area contributed by atoms with Gasteiger partial charge < -0.3 is 14.5 Å².